The average Bonchev–Trinajstić information content (AvgIpc) is 2.69. The largest absolute Gasteiger partial charge is 0.478 e. The summed E-state index contributed by atoms with van der Waals surface area (Å²) in [6.07, 6.45) is -1.43. The minimum absolute atomic E-state index is 0.121. The summed E-state index contributed by atoms with van der Waals surface area (Å²) in [6.45, 7) is 0. The topological polar surface area (TPSA) is 109 Å². The number of carbonyl (C=O) groups is 2. The van der Waals surface area contributed by atoms with E-state index in [0.29, 0.717) is 0 Å². The highest BCUT2D eigenvalue weighted by Crippen LogP contribution is 2.47. The molecule has 1 saturated carbocycles. The Labute approximate surface area is 172 Å². The zero-order valence-electron chi connectivity index (χ0n) is 15.8. The van der Waals surface area contributed by atoms with E-state index in [1.807, 2.05) is 0 Å². The van der Waals surface area contributed by atoms with Gasteiger partial charge in [-0.3, -0.25) is 0 Å². The smallest absolute Gasteiger partial charge is 0.336 e. The highest BCUT2D eigenvalue weighted by molar-refractivity contribution is 7.91. The van der Waals surface area contributed by atoms with E-state index in [0.717, 1.165) is 12.1 Å². The first kappa shape index (κ1) is 21.9. The van der Waals surface area contributed by atoms with Crippen LogP contribution < -0.4 is 0 Å². The number of sulfone groups is 1. The van der Waals surface area contributed by atoms with Gasteiger partial charge in [-0.1, -0.05) is 24.3 Å². The SMILES string of the molecule is O=C(O)c1cccc(C(=O)O)c1C(C1CCC(F)(F)CC1)S(=O)(=O)c1ccccc1. The molecule has 6 nitrogen and oxygen atoms in total. The number of rotatable bonds is 6. The summed E-state index contributed by atoms with van der Waals surface area (Å²) >= 11 is 0. The number of benzene rings is 2. The molecule has 1 aliphatic rings. The Hall–Kier alpha value is -2.81. The van der Waals surface area contributed by atoms with E-state index in [2.05, 4.69) is 0 Å². The predicted octanol–water partition coefficient (Wildman–Crippen LogP) is 4.42. The lowest BCUT2D eigenvalue weighted by Gasteiger charge is -2.34. The zero-order chi connectivity index (χ0) is 22.1. The third-order valence-corrected chi connectivity index (χ3v) is 7.67. The van der Waals surface area contributed by atoms with E-state index in [-0.39, 0.29) is 23.3 Å². The Morgan fingerprint density at radius 3 is 1.87 bits per heavy atom. The molecule has 1 atom stereocenters. The van der Waals surface area contributed by atoms with E-state index in [9.17, 15) is 37.0 Å². The fraction of sp³-hybridized carbons (Fsp3) is 0.333. The van der Waals surface area contributed by atoms with Crippen molar-refractivity contribution in [1.82, 2.24) is 0 Å². The second kappa shape index (κ2) is 8.14. The number of alkyl halides is 2. The molecule has 1 fully saturated rings. The van der Waals surface area contributed by atoms with Crippen molar-refractivity contribution in [2.75, 3.05) is 0 Å². The third kappa shape index (κ3) is 4.21. The summed E-state index contributed by atoms with van der Waals surface area (Å²) in [7, 11) is -4.27. The summed E-state index contributed by atoms with van der Waals surface area (Å²) < 4.78 is 54.6. The van der Waals surface area contributed by atoms with Crippen LogP contribution in [0.5, 0.6) is 0 Å². The van der Waals surface area contributed by atoms with Crippen LogP contribution in [-0.4, -0.2) is 36.5 Å². The molecule has 30 heavy (non-hydrogen) atoms. The van der Waals surface area contributed by atoms with E-state index in [4.69, 9.17) is 0 Å². The molecule has 1 aliphatic carbocycles. The lowest BCUT2D eigenvalue weighted by molar-refractivity contribution is -0.0462. The van der Waals surface area contributed by atoms with E-state index in [1.54, 1.807) is 6.07 Å². The molecule has 0 bridgehead atoms. The first-order valence-electron chi connectivity index (χ1n) is 9.31. The Morgan fingerprint density at radius 1 is 0.900 bits per heavy atom. The Balaban J connectivity index is 2.27. The summed E-state index contributed by atoms with van der Waals surface area (Å²) in [5.74, 6) is -6.75. The monoisotopic (exact) mass is 438 g/mol. The molecule has 0 saturated heterocycles. The number of carboxylic acids is 2. The van der Waals surface area contributed by atoms with Crippen LogP contribution in [0.2, 0.25) is 0 Å². The standard InChI is InChI=1S/C21H20F2O6S/c22-21(23)11-9-13(10-12-21)18(30(28,29)14-5-2-1-3-6-14)17-15(19(24)25)7-4-8-16(17)20(26)27/h1-8,13,18H,9-12H2,(H,24,25)(H,26,27). The molecule has 0 heterocycles. The van der Waals surface area contributed by atoms with Gasteiger partial charge in [0.15, 0.2) is 9.84 Å². The molecule has 2 aromatic carbocycles. The molecule has 1 unspecified atom stereocenters. The van der Waals surface area contributed by atoms with E-state index < -0.39 is 62.8 Å². The molecule has 9 heteroatoms. The Bertz CT molecular complexity index is 1020. The molecular formula is C21H20F2O6S. The summed E-state index contributed by atoms with van der Waals surface area (Å²) in [6, 6.07) is 10.7. The summed E-state index contributed by atoms with van der Waals surface area (Å²) in [5.41, 5.74) is -1.29. The minimum Gasteiger partial charge on any atom is -0.478 e. The zero-order valence-corrected chi connectivity index (χ0v) is 16.6. The second-order valence-corrected chi connectivity index (χ2v) is 9.42. The molecule has 0 spiro atoms. The molecular weight excluding hydrogens is 418 g/mol. The van der Waals surface area contributed by atoms with Crippen molar-refractivity contribution in [3.05, 3.63) is 65.2 Å². The van der Waals surface area contributed by atoms with Gasteiger partial charge in [0, 0.05) is 12.8 Å². The van der Waals surface area contributed by atoms with Crippen LogP contribution >= 0.6 is 0 Å². The van der Waals surface area contributed by atoms with Crippen LogP contribution in [-0.2, 0) is 9.84 Å². The fourth-order valence-electron chi connectivity index (χ4n) is 4.01. The number of halogens is 2. The first-order valence-corrected chi connectivity index (χ1v) is 10.9. The first-order chi connectivity index (χ1) is 14.0. The van der Waals surface area contributed by atoms with Gasteiger partial charge in [-0.15, -0.1) is 0 Å². The van der Waals surface area contributed by atoms with Crippen molar-refractivity contribution in [3.8, 4) is 0 Å². The van der Waals surface area contributed by atoms with Gasteiger partial charge >= 0.3 is 11.9 Å². The lowest BCUT2D eigenvalue weighted by Crippen LogP contribution is -2.32. The fourth-order valence-corrected chi connectivity index (χ4v) is 6.18. The van der Waals surface area contributed by atoms with Gasteiger partial charge in [-0.25, -0.2) is 26.8 Å². The quantitative estimate of drug-likeness (QED) is 0.691. The van der Waals surface area contributed by atoms with Crippen molar-refractivity contribution in [1.29, 1.82) is 0 Å². The molecule has 2 aromatic rings. The van der Waals surface area contributed by atoms with Crippen LogP contribution in [0.25, 0.3) is 0 Å². The average molecular weight is 438 g/mol. The van der Waals surface area contributed by atoms with Crippen LogP contribution in [0.4, 0.5) is 8.78 Å². The van der Waals surface area contributed by atoms with Gasteiger partial charge in [-0.05, 0) is 48.6 Å². The molecule has 2 N–H and O–H groups in total. The van der Waals surface area contributed by atoms with Crippen LogP contribution in [0.15, 0.2) is 53.4 Å². The summed E-state index contributed by atoms with van der Waals surface area (Å²) in [5, 5.41) is 17.7. The van der Waals surface area contributed by atoms with Crippen molar-refractivity contribution in [2.45, 2.75) is 41.8 Å². The Morgan fingerprint density at radius 2 is 1.40 bits per heavy atom. The molecule has 160 valence electrons. The van der Waals surface area contributed by atoms with Crippen molar-refractivity contribution in [2.24, 2.45) is 5.92 Å². The number of aromatic carboxylic acids is 2. The van der Waals surface area contributed by atoms with Gasteiger partial charge in [0.1, 0.15) is 0 Å². The summed E-state index contributed by atoms with van der Waals surface area (Å²) in [4.78, 5) is 23.6. The van der Waals surface area contributed by atoms with Crippen LogP contribution in [0.1, 0.15) is 57.2 Å². The molecule has 0 aromatic heterocycles. The maximum Gasteiger partial charge on any atom is 0.336 e. The van der Waals surface area contributed by atoms with Crippen LogP contribution in [0.3, 0.4) is 0 Å². The van der Waals surface area contributed by atoms with Crippen LogP contribution in [0, 0.1) is 5.92 Å². The van der Waals surface area contributed by atoms with Gasteiger partial charge in [-0.2, -0.15) is 0 Å². The number of hydrogen-bond donors (Lipinski definition) is 2. The molecule has 0 amide bonds. The maximum atomic E-state index is 13.7. The minimum atomic E-state index is -4.27. The van der Waals surface area contributed by atoms with Gasteiger partial charge < -0.3 is 10.2 Å². The molecule has 0 radical (unpaired) electrons. The van der Waals surface area contributed by atoms with Crippen molar-refractivity contribution >= 4 is 21.8 Å². The van der Waals surface area contributed by atoms with Crippen molar-refractivity contribution < 1.29 is 37.0 Å². The maximum absolute atomic E-state index is 13.7. The van der Waals surface area contributed by atoms with Gasteiger partial charge in [0.2, 0.25) is 5.92 Å². The highest BCUT2D eigenvalue weighted by Gasteiger charge is 2.45. The van der Waals surface area contributed by atoms with E-state index in [1.165, 1.54) is 30.3 Å². The van der Waals surface area contributed by atoms with Crippen molar-refractivity contribution in [3.63, 3.8) is 0 Å². The predicted molar refractivity (Wildman–Crippen MR) is 104 cm³/mol. The van der Waals surface area contributed by atoms with E-state index >= 15 is 0 Å². The number of carboxylic acid groups (broad SMARTS) is 2. The van der Waals surface area contributed by atoms with Gasteiger partial charge in [0.25, 0.3) is 0 Å². The molecule has 0 aliphatic heterocycles. The highest BCUT2D eigenvalue weighted by atomic mass is 32.2. The van der Waals surface area contributed by atoms with Gasteiger partial charge in [0.05, 0.1) is 21.3 Å². The second-order valence-electron chi connectivity index (χ2n) is 7.35. The lowest BCUT2D eigenvalue weighted by atomic mass is 9.80. The third-order valence-electron chi connectivity index (χ3n) is 5.45. The normalized spacial score (nSPS) is 17.9. The number of hydrogen-bond acceptors (Lipinski definition) is 4. The Kier molecular flexibility index (Phi) is 5.94. The molecule has 3 rings (SSSR count).